The minimum atomic E-state index is -0.133. The zero-order valence-corrected chi connectivity index (χ0v) is 10.7. The summed E-state index contributed by atoms with van der Waals surface area (Å²) in [6.45, 7) is 2.78. The van der Waals surface area contributed by atoms with Crippen LogP contribution in [0.25, 0.3) is 0 Å². The first-order valence-corrected chi connectivity index (χ1v) is 6.90. The predicted octanol–water partition coefficient (Wildman–Crippen LogP) is 2.18. The van der Waals surface area contributed by atoms with Gasteiger partial charge in [-0.3, -0.25) is 4.79 Å². The van der Waals surface area contributed by atoms with E-state index in [1.165, 1.54) is 0 Å². The number of benzene rings is 1. The van der Waals surface area contributed by atoms with Gasteiger partial charge in [0, 0.05) is 18.8 Å². The highest BCUT2D eigenvalue weighted by molar-refractivity contribution is 5.98. The number of amides is 1. The third-order valence-electron chi connectivity index (χ3n) is 4.28. The Kier molecular flexibility index (Phi) is 3.08. The molecule has 1 atom stereocenters. The number of carbonyl (C=O) groups is 1. The molecule has 1 aromatic carbocycles. The third-order valence-corrected chi connectivity index (χ3v) is 4.28. The van der Waals surface area contributed by atoms with E-state index in [0.717, 1.165) is 51.0 Å². The molecule has 2 fully saturated rings. The SMILES string of the molecule is O=C1N(c2ccccc2)CCCC12CCCNC2. The van der Waals surface area contributed by atoms with Crippen molar-refractivity contribution in [1.29, 1.82) is 0 Å². The van der Waals surface area contributed by atoms with Crippen LogP contribution in [0.3, 0.4) is 0 Å². The van der Waals surface area contributed by atoms with Gasteiger partial charge in [0.25, 0.3) is 0 Å². The highest BCUT2D eigenvalue weighted by Gasteiger charge is 2.44. The van der Waals surface area contributed by atoms with E-state index < -0.39 is 0 Å². The average molecular weight is 244 g/mol. The molecule has 2 saturated heterocycles. The van der Waals surface area contributed by atoms with Crippen molar-refractivity contribution in [2.75, 3.05) is 24.5 Å². The Morgan fingerprint density at radius 1 is 1.11 bits per heavy atom. The van der Waals surface area contributed by atoms with E-state index >= 15 is 0 Å². The second kappa shape index (κ2) is 4.73. The van der Waals surface area contributed by atoms with Crippen LogP contribution in [0.1, 0.15) is 25.7 Å². The van der Waals surface area contributed by atoms with Crippen LogP contribution in [0.2, 0.25) is 0 Å². The fourth-order valence-corrected chi connectivity index (χ4v) is 3.29. The first kappa shape index (κ1) is 11.7. The summed E-state index contributed by atoms with van der Waals surface area (Å²) in [6, 6.07) is 10.1. The molecule has 0 bridgehead atoms. The maximum absolute atomic E-state index is 12.8. The van der Waals surface area contributed by atoms with Crippen molar-refractivity contribution < 1.29 is 4.79 Å². The average Bonchev–Trinajstić information content (AvgIpc) is 2.44. The van der Waals surface area contributed by atoms with Gasteiger partial charge in [-0.15, -0.1) is 0 Å². The molecule has 2 aliphatic heterocycles. The van der Waals surface area contributed by atoms with Crippen LogP contribution in [0.4, 0.5) is 5.69 Å². The summed E-state index contributed by atoms with van der Waals surface area (Å²) in [5, 5.41) is 3.40. The number of carbonyl (C=O) groups excluding carboxylic acids is 1. The van der Waals surface area contributed by atoms with Gasteiger partial charge in [0.1, 0.15) is 0 Å². The fraction of sp³-hybridized carbons (Fsp3) is 0.533. The molecule has 0 radical (unpaired) electrons. The Balaban J connectivity index is 1.87. The second-order valence-corrected chi connectivity index (χ2v) is 5.46. The summed E-state index contributed by atoms with van der Waals surface area (Å²) in [4.78, 5) is 14.8. The van der Waals surface area contributed by atoms with Gasteiger partial charge in [0.2, 0.25) is 5.91 Å². The summed E-state index contributed by atoms with van der Waals surface area (Å²) in [7, 11) is 0. The van der Waals surface area contributed by atoms with E-state index in [0.29, 0.717) is 5.91 Å². The van der Waals surface area contributed by atoms with Crippen molar-refractivity contribution in [2.24, 2.45) is 5.41 Å². The normalized spacial score (nSPS) is 28.7. The van der Waals surface area contributed by atoms with Crippen molar-refractivity contribution >= 4 is 11.6 Å². The first-order chi connectivity index (χ1) is 8.82. The summed E-state index contributed by atoms with van der Waals surface area (Å²) >= 11 is 0. The van der Waals surface area contributed by atoms with Gasteiger partial charge in [-0.05, 0) is 44.4 Å². The highest BCUT2D eigenvalue weighted by atomic mass is 16.2. The molecule has 96 valence electrons. The molecule has 1 N–H and O–H groups in total. The van der Waals surface area contributed by atoms with Crippen molar-refractivity contribution in [1.82, 2.24) is 5.32 Å². The number of rotatable bonds is 1. The van der Waals surface area contributed by atoms with Crippen LogP contribution in [0.15, 0.2) is 30.3 Å². The van der Waals surface area contributed by atoms with Crippen molar-refractivity contribution in [3.05, 3.63) is 30.3 Å². The lowest BCUT2D eigenvalue weighted by molar-refractivity contribution is -0.131. The van der Waals surface area contributed by atoms with Gasteiger partial charge in [0.15, 0.2) is 0 Å². The molecule has 3 rings (SSSR count). The van der Waals surface area contributed by atoms with E-state index in [9.17, 15) is 4.79 Å². The zero-order chi connectivity index (χ0) is 12.4. The molecule has 18 heavy (non-hydrogen) atoms. The van der Waals surface area contributed by atoms with Crippen LogP contribution in [0.5, 0.6) is 0 Å². The summed E-state index contributed by atoms with van der Waals surface area (Å²) < 4.78 is 0. The standard InChI is InChI=1S/C15H20N2O/c18-14-15(8-4-10-16-12-15)9-5-11-17(14)13-6-2-1-3-7-13/h1-3,6-7,16H,4-5,8-12H2. The lowest BCUT2D eigenvalue weighted by atomic mass is 9.73. The predicted molar refractivity (Wildman–Crippen MR) is 72.6 cm³/mol. The quantitative estimate of drug-likeness (QED) is 0.821. The fourth-order valence-electron chi connectivity index (χ4n) is 3.29. The third kappa shape index (κ3) is 1.93. The van der Waals surface area contributed by atoms with Gasteiger partial charge in [0.05, 0.1) is 5.41 Å². The molecule has 3 heteroatoms. The van der Waals surface area contributed by atoms with E-state index in [2.05, 4.69) is 5.32 Å². The minimum absolute atomic E-state index is 0.133. The molecule has 1 unspecified atom stereocenters. The van der Waals surface area contributed by atoms with Gasteiger partial charge in [-0.1, -0.05) is 18.2 Å². The van der Waals surface area contributed by atoms with Crippen LogP contribution >= 0.6 is 0 Å². The molecule has 0 aromatic heterocycles. The molecule has 0 aliphatic carbocycles. The molecule has 0 saturated carbocycles. The zero-order valence-electron chi connectivity index (χ0n) is 10.7. The molecule has 2 aliphatic rings. The molecule has 3 nitrogen and oxygen atoms in total. The van der Waals surface area contributed by atoms with Crippen LogP contribution in [0, 0.1) is 5.41 Å². The van der Waals surface area contributed by atoms with Gasteiger partial charge in [-0.2, -0.15) is 0 Å². The van der Waals surface area contributed by atoms with Crippen LogP contribution in [-0.2, 0) is 4.79 Å². The van der Waals surface area contributed by atoms with Crippen LogP contribution < -0.4 is 10.2 Å². The Morgan fingerprint density at radius 3 is 2.61 bits per heavy atom. The summed E-state index contributed by atoms with van der Waals surface area (Å²) in [6.07, 6.45) is 4.32. The number of piperidine rings is 2. The Bertz CT molecular complexity index is 418. The summed E-state index contributed by atoms with van der Waals surface area (Å²) in [5.74, 6) is 0.326. The number of nitrogens with zero attached hydrogens (tertiary/aromatic N) is 1. The molecule has 1 aromatic rings. The lowest BCUT2D eigenvalue weighted by Gasteiger charge is -2.44. The maximum Gasteiger partial charge on any atom is 0.234 e. The smallest absolute Gasteiger partial charge is 0.234 e. The number of nitrogens with one attached hydrogen (secondary N) is 1. The lowest BCUT2D eigenvalue weighted by Crippen LogP contribution is -2.55. The van der Waals surface area contributed by atoms with Crippen molar-refractivity contribution in [3.8, 4) is 0 Å². The Hall–Kier alpha value is -1.35. The van der Waals surface area contributed by atoms with E-state index in [4.69, 9.17) is 0 Å². The Morgan fingerprint density at radius 2 is 1.89 bits per heavy atom. The number of anilines is 1. The number of hydrogen-bond acceptors (Lipinski definition) is 2. The largest absolute Gasteiger partial charge is 0.316 e. The first-order valence-electron chi connectivity index (χ1n) is 6.90. The topological polar surface area (TPSA) is 32.3 Å². The van der Waals surface area contributed by atoms with Gasteiger partial charge < -0.3 is 10.2 Å². The monoisotopic (exact) mass is 244 g/mol. The van der Waals surface area contributed by atoms with Gasteiger partial charge >= 0.3 is 0 Å². The van der Waals surface area contributed by atoms with Crippen LogP contribution in [-0.4, -0.2) is 25.5 Å². The minimum Gasteiger partial charge on any atom is -0.316 e. The van der Waals surface area contributed by atoms with E-state index in [-0.39, 0.29) is 5.41 Å². The van der Waals surface area contributed by atoms with E-state index in [1.807, 2.05) is 35.2 Å². The van der Waals surface area contributed by atoms with Crippen molar-refractivity contribution in [2.45, 2.75) is 25.7 Å². The number of hydrogen-bond donors (Lipinski definition) is 1. The highest BCUT2D eigenvalue weighted by Crippen LogP contribution is 2.38. The van der Waals surface area contributed by atoms with E-state index in [1.54, 1.807) is 0 Å². The molecule has 1 spiro atoms. The molecular formula is C15H20N2O. The Labute approximate surface area is 108 Å². The molecule has 1 amide bonds. The van der Waals surface area contributed by atoms with Crippen molar-refractivity contribution in [3.63, 3.8) is 0 Å². The molecule has 2 heterocycles. The molecular weight excluding hydrogens is 224 g/mol. The second-order valence-electron chi connectivity index (χ2n) is 5.46. The number of para-hydroxylation sites is 1. The summed E-state index contributed by atoms with van der Waals surface area (Å²) in [5.41, 5.74) is 0.916. The maximum atomic E-state index is 12.8. The van der Waals surface area contributed by atoms with Gasteiger partial charge in [-0.25, -0.2) is 0 Å².